The molecule has 4 aromatic rings. The van der Waals surface area contributed by atoms with Gasteiger partial charge < -0.3 is 14.2 Å². The fourth-order valence-electron chi connectivity index (χ4n) is 6.01. The third-order valence-electron chi connectivity index (χ3n) is 8.54. The normalized spacial score (nSPS) is 17.3. The molecule has 10 heteroatoms. The number of ether oxygens (including phenoxy) is 1. The van der Waals surface area contributed by atoms with Gasteiger partial charge in [-0.1, -0.05) is 12.1 Å². The van der Waals surface area contributed by atoms with Gasteiger partial charge in [0.05, 0.1) is 35.0 Å². The zero-order chi connectivity index (χ0) is 29.3. The van der Waals surface area contributed by atoms with E-state index < -0.39 is 9.84 Å². The minimum absolute atomic E-state index is 0.301. The van der Waals surface area contributed by atoms with E-state index in [0.717, 1.165) is 91.9 Å². The number of imidazole rings is 1. The molecule has 2 aliphatic rings. The van der Waals surface area contributed by atoms with E-state index in [-0.39, 0.29) is 0 Å². The number of hydrogen-bond donors (Lipinski definition) is 0. The highest BCUT2D eigenvalue weighted by Gasteiger charge is 2.19. The second-order valence-electron chi connectivity index (χ2n) is 11.4. The fourth-order valence-corrected chi connectivity index (χ4v) is 6.64. The molecular weight excluding hydrogens is 548 g/mol. The van der Waals surface area contributed by atoms with Crippen LogP contribution in [0.15, 0.2) is 59.5 Å². The van der Waals surface area contributed by atoms with Gasteiger partial charge >= 0.3 is 0 Å². The van der Waals surface area contributed by atoms with Crippen LogP contribution in [0.4, 0.5) is 5.69 Å². The second-order valence-corrected chi connectivity index (χ2v) is 13.5. The molecule has 222 valence electrons. The minimum atomic E-state index is -3.25. The molecule has 2 aromatic carbocycles. The molecule has 9 nitrogen and oxygen atoms in total. The Morgan fingerprint density at radius 1 is 0.810 bits per heavy atom. The Kier molecular flexibility index (Phi) is 8.31. The molecule has 0 aliphatic carbocycles. The van der Waals surface area contributed by atoms with Crippen molar-refractivity contribution in [1.29, 1.82) is 0 Å². The van der Waals surface area contributed by atoms with Gasteiger partial charge in [0, 0.05) is 69.4 Å². The van der Waals surface area contributed by atoms with Crippen molar-refractivity contribution in [1.82, 2.24) is 24.3 Å². The predicted molar refractivity (Wildman–Crippen MR) is 168 cm³/mol. The highest BCUT2D eigenvalue weighted by molar-refractivity contribution is 7.90. The van der Waals surface area contributed by atoms with Crippen LogP contribution in [-0.4, -0.2) is 105 Å². The van der Waals surface area contributed by atoms with Gasteiger partial charge in [0.2, 0.25) is 0 Å². The highest BCUT2D eigenvalue weighted by atomic mass is 32.2. The number of hydrogen-bond acceptors (Lipinski definition) is 8. The molecule has 4 heterocycles. The maximum atomic E-state index is 11.9. The molecule has 0 saturated carbocycles. The van der Waals surface area contributed by atoms with Gasteiger partial charge in [-0.15, -0.1) is 0 Å². The molecule has 0 amide bonds. The lowest BCUT2D eigenvalue weighted by Crippen LogP contribution is -2.47. The first-order valence-electron chi connectivity index (χ1n) is 14.8. The molecule has 2 fully saturated rings. The maximum absolute atomic E-state index is 11.9. The Labute approximate surface area is 248 Å². The summed E-state index contributed by atoms with van der Waals surface area (Å²) >= 11 is 0. The monoisotopic (exact) mass is 588 g/mol. The van der Waals surface area contributed by atoms with Crippen molar-refractivity contribution >= 4 is 26.6 Å². The van der Waals surface area contributed by atoms with Gasteiger partial charge in [0.25, 0.3) is 0 Å². The van der Waals surface area contributed by atoms with E-state index >= 15 is 0 Å². The number of fused-ring (bicyclic) bond motifs is 1. The number of morpholine rings is 1. The van der Waals surface area contributed by atoms with Crippen molar-refractivity contribution in [3.63, 3.8) is 0 Å². The van der Waals surface area contributed by atoms with Crippen molar-refractivity contribution in [2.75, 3.05) is 76.7 Å². The number of sulfone groups is 1. The summed E-state index contributed by atoms with van der Waals surface area (Å²) in [5.41, 5.74) is 6.82. The summed E-state index contributed by atoms with van der Waals surface area (Å²) in [5.74, 6) is 0.780. The van der Waals surface area contributed by atoms with Crippen LogP contribution in [0.25, 0.3) is 33.7 Å². The average molecular weight is 589 g/mol. The number of anilines is 1. The first kappa shape index (κ1) is 28.8. The van der Waals surface area contributed by atoms with Crippen molar-refractivity contribution in [2.24, 2.45) is 7.05 Å². The van der Waals surface area contributed by atoms with Crippen LogP contribution in [-0.2, 0) is 21.6 Å². The highest BCUT2D eigenvalue weighted by Crippen LogP contribution is 2.30. The lowest BCUT2D eigenvalue weighted by atomic mass is 10.1. The fraction of sp³-hybridized carbons (Fsp3) is 0.438. The van der Waals surface area contributed by atoms with Crippen LogP contribution in [0.5, 0.6) is 0 Å². The summed E-state index contributed by atoms with van der Waals surface area (Å²) < 4.78 is 31.3. The quantitative estimate of drug-likeness (QED) is 0.307. The summed E-state index contributed by atoms with van der Waals surface area (Å²) in [4.78, 5) is 17.7. The van der Waals surface area contributed by atoms with Crippen molar-refractivity contribution in [3.8, 4) is 22.6 Å². The first-order chi connectivity index (χ1) is 20.3. The number of piperazine rings is 1. The minimum Gasteiger partial charge on any atom is -0.379 e. The lowest BCUT2D eigenvalue weighted by Gasteiger charge is -2.36. The van der Waals surface area contributed by atoms with E-state index in [0.29, 0.717) is 4.90 Å². The largest absolute Gasteiger partial charge is 0.379 e. The predicted octanol–water partition coefficient (Wildman–Crippen LogP) is 3.86. The number of aryl methyl sites for hydroxylation is 2. The number of benzene rings is 2. The van der Waals surface area contributed by atoms with Gasteiger partial charge in [0.15, 0.2) is 9.84 Å². The third kappa shape index (κ3) is 6.22. The molecule has 0 spiro atoms. The zero-order valence-electron chi connectivity index (χ0n) is 24.8. The van der Waals surface area contributed by atoms with Crippen LogP contribution in [0.2, 0.25) is 0 Å². The van der Waals surface area contributed by atoms with Crippen LogP contribution in [0.3, 0.4) is 0 Å². The standard InChI is InChI=1S/C32H40N6O3S/c1-24-31-30(35(2)32(34-31)26-7-11-28(12-8-26)42(3,39)40)23-29(33-24)25-5-9-27(10-6-25)38-17-15-36(16-18-38)13-4-14-37-19-21-41-22-20-37/h5-12,23H,4,13-22H2,1-3H3. The van der Waals surface area contributed by atoms with E-state index in [1.165, 1.54) is 31.5 Å². The number of rotatable bonds is 8. The Hall–Kier alpha value is -3.31. The summed E-state index contributed by atoms with van der Waals surface area (Å²) in [6.07, 6.45) is 2.44. The molecule has 0 N–H and O–H groups in total. The molecule has 2 aromatic heterocycles. The van der Waals surface area contributed by atoms with Crippen LogP contribution >= 0.6 is 0 Å². The molecule has 0 radical (unpaired) electrons. The average Bonchev–Trinajstić information content (AvgIpc) is 3.34. The first-order valence-corrected chi connectivity index (χ1v) is 16.7. The number of nitrogens with zero attached hydrogens (tertiary/aromatic N) is 6. The molecule has 2 saturated heterocycles. The van der Waals surface area contributed by atoms with Crippen molar-refractivity contribution in [3.05, 3.63) is 60.3 Å². The number of aromatic nitrogens is 3. The van der Waals surface area contributed by atoms with Crippen LogP contribution in [0, 0.1) is 6.92 Å². The smallest absolute Gasteiger partial charge is 0.175 e. The van der Waals surface area contributed by atoms with Gasteiger partial charge in [0.1, 0.15) is 11.3 Å². The summed E-state index contributed by atoms with van der Waals surface area (Å²) in [6, 6.07) is 17.7. The molecule has 0 unspecified atom stereocenters. The van der Waals surface area contributed by atoms with E-state index in [1.54, 1.807) is 12.1 Å². The van der Waals surface area contributed by atoms with Gasteiger partial charge in [-0.05, 0) is 68.9 Å². The zero-order valence-corrected chi connectivity index (χ0v) is 25.6. The Bertz CT molecular complexity index is 1640. The summed E-state index contributed by atoms with van der Waals surface area (Å²) in [6.45, 7) is 12.5. The Balaban J connectivity index is 1.11. The maximum Gasteiger partial charge on any atom is 0.175 e. The molecular formula is C32H40N6O3S. The van der Waals surface area contributed by atoms with Gasteiger partial charge in [-0.2, -0.15) is 0 Å². The molecule has 6 rings (SSSR count). The lowest BCUT2D eigenvalue weighted by molar-refractivity contribution is 0.0360. The van der Waals surface area contributed by atoms with Crippen LogP contribution < -0.4 is 4.90 Å². The SMILES string of the molecule is Cc1nc(-c2ccc(N3CCN(CCCN4CCOCC4)CC3)cc2)cc2c1nc(-c1ccc(S(C)(=O)=O)cc1)n2C. The van der Waals surface area contributed by atoms with Crippen molar-refractivity contribution in [2.45, 2.75) is 18.2 Å². The van der Waals surface area contributed by atoms with Gasteiger partial charge in [-0.25, -0.2) is 13.4 Å². The Morgan fingerprint density at radius 3 is 2.07 bits per heavy atom. The number of pyridine rings is 1. The van der Waals surface area contributed by atoms with Gasteiger partial charge in [-0.3, -0.25) is 14.8 Å². The second kappa shape index (κ2) is 12.1. The van der Waals surface area contributed by atoms with Crippen LogP contribution in [0.1, 0.15) is 12.1 Å². The molecule has 2 aliphatic heterocycles. The van der Waals surface area contributed by atoms with E-state index in [1.807, 2.05) is 26.1 Å². The molecule has 42 heavy (non-hydrogen) atoms. The molecule has 0 atom stereocenters. The van der Waals surface area contributed by atoms with E-state index in [9.17, 15) is 8.42 Å². The third-order valence-corrected chi connectivity index (χ3v) is 9.67. The van der Waals surface area contributed by atoms with E-state index in [4.69, 9.17) is 14.7 Å². The summed E-state index contributed by atoms with van der Waals surface area (Å²) in [7, 11) is -1.26. The summed E-state index contributed by atoms with van der Waals surface area (Å²) in [5, 5.41) is 0. The van der Waals surface area contributed by atoms with E-state index in [2.05, 4.69) is 49.6 Å². The molecule has 0 bridgehead atoms. The van der Waals surface area contributed by atoms with Crippen molar-refractivity contribution < 1.29 is 13.2 Å². The topological polar surface area (TPSA) is 83.8 Å². The Morgan fingerprint density at radius 2 is 1.43 bits per heavy atom.